The van der Waals surface area contributed by atoms with Crippen LogP contribution < -0.4 is 0 Å². The summed E-state index contributed by atoms with van der Waals surface area (Å²) in [5, 5.41) is 0. The second-order valence-electron chi connectivity index (χ2n) is 7.44. The average Bonchev–Trinajstić information content (AvgIpc) is 3.21. The molecule has 2 heteroatoms. The van der Waals surface area contributed by atoms with Crippen LogP contribution >= 0.6 is 0 Å². The monoisotopic (exact) mass is 284 g/mol. The largest absolute Gasteiger partial charge is 0.297 e. The fourth-order valence-corrected chi connectivity index (χ4v) is 4.47. The Hall–Kier alpha value is -0.860. The molecule has 114 valence electrons. The van der Waals surface area contributed by atoms with Gasteiger partial charge in [0.15, 0.2) is 0 Å². The van der Waals surface area contributed by atoms with Crippen molar-refractivity contribution in [1.29, 1.82) is 0 Å². The van der Waals surface area contributed by atoms with Crippen molar-refractivity contribution >= 4 is 0 Å². The van der Waals surface area contributed by atoms with Gasteiger partial charge in [-0.25, -0.2) is 0 Å². The first-order chi connectivity index (χ1) is 10.3. The van der Waals surface area contributed by atoms with Crippen LogP contribution in [0.15, 0.2) is 30.3 Å². The molecule has 0 N–H and O–H groups in total. The molecule has 3 aliphatic rings. The summed E-state index contributed by atoms with van der Waals surface area (Å²) in [6.45, 7) is 6.31. The first-order valence-corrected chi connectivity index (χ1v) is 8.86. The van der Waals surface area contributed by atoms with Gasteiger partial charge < -0.3 is 0 Å². The highest BCUT2D eigenvalue weighted by atomic mass is 15.3. The summed E-state index contributed by atoms with van der Waals surface area (Å²) in [7, 11) is 0. The lowest BCUT2D eigenvalue weighted by molar-refractivity contribution is 0.0201. The van der Waals surface area contributed by atoms with Crippen molar-refractivity contribution in [3.63, 3.8) is 0 Å². The summed E-state index contributed by atoms with van der Waals surface area (Å²) in [5.74, 6) is 1.03. The third-order valence-corrected chi connectivity index (χ3v) is 5.85. The predicted octanol–water partition coefficient (Wildman–Crippen LogP) is 3.70. The fraction of sp³-hybridized carbons (Fsp3) is 0.684. The van der Waals surface area contributed by atoms with E-state index in [1.165, 1.54) is 57.3 Å². The van der Waals surface area contributed by atoms with Crippen molar-refractivity contribution in [1.82, 2.24) is 9.80 Å². The van der Waals surface area contributed by atoms with E-state index in [0.29, 0.717) is 6.04 Å². The van der Waals surface area contributed by atoms with Crippen molar-refractivity contribution in [3.8, 4) is 0 Å². The summed E-state index contributed by atoms with van der Waals surface area (Å²) in [6, 6.07) is 13.4. The van der Waals surface area contributed by atoms with Gasteiger partial charge in [-0.2, -0.15) is 0 Å². The normalized spacial score (nSPS) is 32.0. The van der Waals surface area contributed by atoms with Crippen molar-refractivity contribution in [2.45, 2.75) is 57.2 Å². The number of nitrogens with zero attached hydrogens (tertiary/aromatic N) is 2. The second kappa shape index (κ2) is 5.73. The molecule has 2 aliphatic heterocycles. The molecule has 1 aromatic rings. The van der Waals surface area contributed by atoms with Crippen LogP contribution in [0.25, 0.3) is 0 Å². The van der Waals surface area contributed by atoms with E-state index in [9.17, 15) is 0 Å². The molecule has 0 radical (unpaired) electrons. The van der Waals surface area contributed by atoms with Crippen molar-refractivity contribution in [3.05, 3.63) is 35.9 Å². The van der Waals surface area contributed by atoms with Crippen LogP contribution in [-0.4, -0.2) is 41.5 Å². The van der Waals surface area contributed by atoms with E-state index in [4.69, 9.17) is 0 Å². The van der Waals surface area contributed by atoms with Gasteiger partial charge in [0.25, 0.3) is 0 Å². The van der Waals surface area contributed by atoms with Crippen LogP contribution in [-0.2, 0) is 0 Å². The maximum atomic E-state index is 2.83. The highest BCUT2D eigenvalue weighted by Gasteiger charge is 2.39. The molecule has 21 heavy (non-hydrogen) atoms. The topological polar surface area (TPSA) is 6.48 Å². The van der Waals surface area contributed by atoms with E-state index in [1.54, 1.807) is 0 Å². The van der Waals surface area contributed by atoms with Gasteiger partial charge >= 0.3 is 0 Å². The smallest absolute Gasteiger partial charge is 0.0478 e. The van der Waals surface area contributed by atoms with Crippen molar-refractivity contribution < 1.29 is 0 Å². The summed E-state index contributed by atoms with van der Waals surface area (Å²) in [6.07, 6.45) is 7.18. The Labute approximate surface area is 129 Å². The molecule has 0 spiro atoms. The zero-order valence-electron chi connectivity index (χ0n) is 13.2. The zero-order chi connectivity index (χ0) is 14.2. The molecule has 2 saturated heterocycles. The van der Waals surface area contributed by atoms with Crippen LogP contribution in [0.5, 0.6) is 0 Å². The van der Waals surface area contributed by atoms with Gasteiger partial charge in [0, 0.05) is 31.2 Å². The van der Waals surface area contributed by atoms with Gasteiger partial charge in [-0.3, -0.25) is 9.80 Å². The molecule has 3 fully saturated rings. The summed E-state index contributed by atoms with van der Waals surface area (Å²) >= 11 is 0. The highest BCUT2D eigenvalue weighted by molar-refractivity contribution is 5.21. The number of hydrogen-bond acceptors (Lipinski definition) is 2. The summed E-state index contributed by atoms with van der Waals surface area (Å²) in [5.41, 5.74) is 1.52. The summed E-state index contributed by atoms with van der Waals surface area (Å²) in [4.78, 5) is 5.58. The van der Waals surface area contributed by atoms with Gasteiger partial charge in [0.2, 0.25) is 0 Å². The van der Waals surface area contributed by atoms with E-state index >= 15 is 0 Å². The lowest BCUT2D eigenvalue weighted by atomic mass is 9.96. The van der Waals surface area contributed by atoms with E-state index in [2.05, 4.69) is 47.1 Å². The molecule has 0 bridgehead atoms. The molecule has 3 unspecified atom stereocenters. The molecule has 1 aliphatic carbocycles. The Morgan fingerprint density at radius 3 is 2.67 bits per heavy atom. The molecule has 0 aromatic heterocycles. The minimum atomic E-state index is 0.606. The fourth-order valence-electron chi connectivity index (χ4n) is 4.47. The third kappa shape index (κ3) is 2.89. The van der Waals surface area contributed by atoms with Gasteiger partial charge in [0.05, 0.1) is 0 Å². The Morgan fingerprint density at radius 2 is 1.90 bits per heavy atom. The molecular formula is C19H28N2. The number of benzene rings is 1. The molecule has 0 amide bonds. The maximum Gasteiger partial charge on any atom is 0.0478 e. The zero-order valence-corrected chi connectivity index (χ0v) is 13.2. The van der Waals surface area contributed by atoms with Gasteiger partial charge in [-0.05, 0) is 44.2 Å². The maximum absolute atomic E-state index is 2.83. The first kappa shape index (κ1) is 13.8. The number of piperazine rings is 1. The molecule has 2 nitrogen and oxygen atoms in total. The predicted molar refractivity (Wildman–Crippen MR) is 87.3 cm³/mol. The van der Waals surface area contributed by atoms with Crippen molar-refractivity contribution in [2.75, 3.05) is 19.6 Å². The Kier molecular flexibility index (Phi) is 3.76. The van der Waals surface area contributed by atoms with E-state index in [-0.39, 0.29) is 0 Å². The molecule has 4 rings (SSSR count). The lowest BCUT2D eigenvalue weighted by Gasteiger charge is -2.47. The SMILES string of the molecule is CC(CC1CC1)N1CC2CCCN2CC1c1ccccc1. The van der Waals surface area contributed by atoms with Crippen LogP contribution in [0.3, 0.4) is 0 Å². The molecule has 1 saturated carbocycles. The Balaban J connectivity index is 1.56. The quantitative estimate of drug-likeness (QED) is 0.832. The van der Waals surface area contributed by atoms with Crippen LogP contribution in [0.2, 0.25) is 0 Å². The van der Waals surface area contributed by atoms with Crippen LogP contribution in [0.1, 0.15) is 50.6 Å². The average molecular weight is 284 g/mol. The van der Waals surface area contributed by atoms with Crippen LogP contribution in [0.4, 0.5) is 0 Å². The Morgan fingerprint density at radius 1 is 1.10 bits per heavy atom. The molecule has 1 aromatic carbocycles. The first-order valence-electron chi connectivity index (χ1n) is 8.86. The van der Waals surface area contributed by atoms with E-state index in [0.717, 1.165) is 18.0 Å². The number of rotatable bonds is 4. The minimum Gasteiger partial charge on any atom is -0.297 e. The van der Waals surface area contributed by atoms with Crippen molar-refractivity contribution in [2.24, 2.45) is 5.92 Å². The van der Waals surface area contributed by atoms with Gasteiger partial charge in [0.1, 0.15) is 0 Å². The third-order valence-electron chi connectivity index (χ3n) is 5.85. The number of hydrogen-bond donors (Lipinski definition) is 0. The van der Waals surface area contributed by atoms with Gasteiger partial charge in [-0.15, -0.1) is 0 Å². The van der Waals surface area contributed by atoms with Gasteiger partial charge in [-0.1, -0.05) is 43.2 Å². The number of fused-ring (bicyclic) bond motifs is 1. The highest BCUT2D eigenvalue weighted by Crippen LogP contribution is 2.39. The lowest BCUT2D eigenvalue weighted by Crippen LogP contribution is -2.54. The molecule has 2 heterocycles. The van der Waals surface area contributed by atoms with E-state index in [1.807, 2.05) is 0 Å². The standard InChI is InChI=1S/C19H28N2/c1-15(12-16-9-10-16)21-13-18-8-5-11-20(18)14-19(21)17-6-3-2-4-7-17/h2-4,6-7,15-16,18-19H,5,8-14H2,1H3. The van der Waals surface area contributed by atoms with Crippen LogP contribution in [0, 0.1) is 5.92 Å². The molecule has 3 atom stereocenters. The molecular weight excluding hydrogens is 256 g/mol. The summed E-state index contributed by atoms with van der Waals surface area (Å²) < 4.78 is 0. The Bertz CT molecular complexity index is 468. The minimum absolute atomic E-state index is 0.606. The van der Waals surface area contributed by atoms with E-state index < -0.39 is 0 Å². The second-order valence-corrected chi connectivity index (χ2v) is 7.44.